The van der Waals surface area contributed by atoms with Crippen molar-refractivity contribution < 1.29 is 19.1 Å². The molecule has 0 radical (unpaired) electrons. The molecule has 1 fully saturated rings. The average molecular weight is 423 g/mol. The normalized spacial score (nSPS) is 18.4. The molecule has 0 saturated carbocycles. The van der Waals surface area contributed by atoms with E-state index in [2.05, 4.69) is 10.3 Å². The van der Waals surface area contributed by atoms with Gasteiger partial charge in [-0.2, -0.15) is 0 Å². The minimum Gasteiger partial charge on any atom is -0.478 e. The molecule has 0 unspecified atom stereocenters. The van der Waals surface area contributed by atoms with Gasteiger partial charge in [-0.15, -0.1) is 0 Å². The van der Waals surface area contributed by atoms with E-state index in [9.17, 15) is 9.90 Å². The zero-order chi connectivity index (χ0) is 21.1. The number of benzene rings is 1. The van der Waals surface area contributed by atoms with Gasteiger partial charge < -0.3 is 24.5 Å². The fourth-order valence-electron chi connectivity index (χ4n) is 3.69. The van der Waals surface area contributed by atoms with Crippen molar-refractivity contribution >= 4 is 23.3 Å². The van der Waals surface area contributed by atoms with Crippen molar-refractivity contribution in [3.05, 3.63) is 77.8 Å². The van der Waals surface area contributed by atoms with Crippen molar-refractivity contribution in [2.45, 2.75) is 12.1 Å². The number of pyridine rings is 1. The molecule has 2 atom stereocenters. The molecule has 2 N–H and O–H groups in total. The molecule has 0 spiro atoms. The maximum atomic E-state index is 11.6. The number of aromatic nitrogens is 1. The minimum atomic E-state index is -1.000. The second-order valence-electron chi connectivity index (χ2n) is 6.87. The van der Waals surface area contributed by atoms with Gasteiger partial charge in [-0.3, -0.25) is 4.98 Å². The van der Waals surface area contributed by atoms with Gasteiger partial charge in [0, 0.05) is 25.4 Å². The van der Waals surface area contributed by atoms with E-state index >= 15 is 0 Å². The van der Waals surface area contributed by atoms with E-state index in [-0.39, 0.29) is 17.6 Å². The lowest BCUT2D eigenvalue weighted by Crippen LogP contribution is -2.32. The number of rotatable bonds is 7. The number of hydrogen-bond acceptors (Lipinski definition) is 5. The second kappa shape index (κ2) is 8.64. The highest BCUT2D eigenvalue weighted by Gasteiger charge is 2.41. The van der Waals surface area contributed by atoms with Crippen LogP contribution in [0.25, 0.3) is 11.3 Å². The van der Waals surface area contributed by atoms with Crippen LogP contribution in [0.4, 0.5) is 0 Å². The summed E-state index contributed by atoms with van der Waals surface area (Å²) in [5.41, 5.74) is 1.56. The molecule has 30 heavy (non-hydrogen) atoms. The number of methoxy groups -OCH3 is 1. The van der Waals surface area contributed by atoms with Gasteiger partial charge in [0.15, 0.2) is 5.11 Å². The first kappa shape index (κ1) is 20.1. The summed E-state index contributed by atoms with van der Waals surface area (Å²) in [5, 5.41) is 13.4. The zero-order valence-corrected chi connectivity index (χ0v) is 17.1. The molecule has 1 saturated heterocycles. The Morgan fingerprint density at radius 3 is 2.77 bits per heavy atom. The summed E-state index contributed by atoms with van der Waals surface area (Å²) in [5.74, 6) is 0.164. The first-order chi connectivity index (χ1) is 14.6. The summed E-state index contributed by atoms with van der Waals surface area (Å²) in [6.07, 6.45) is 1.74. The Bertz CT molecular complexity index is 1050. The molecule has 2 aromatic heterocycles. The van der Waals surface area contributed by atoms with Crippen molar-refractivity contribution in [1.29, 1.82) is 0 Å². The number of ether oxygens (including phenoxy) is 1. The van der Waals surface area contributed by atoms with Crippen molar-refractivity contribution in [2.24, 2.45) is 0 Å². The van der Waals surface area contributed by atoms with Crippen LogP contribution in [0.2, 0.25) is 0 Å². The number of aromatic carboxylic acids is 1. The molecule has 4 rings (SSSR count). The quantitative estimate of drug-likeness (QED) is 0.557. The Morgan fingerprint density at radius 2 is 2.03 bits per heavy atom. The molecular weight excluding hydrogens is 402 g/mol. The first-order valence-electron chi connectivity index (χ1n) is 9.49. The monoisotopic (exact) mass is 423 g/mol. The van der Waals surface area contributed by atoms with Gasteiger partial charge >= 0.3 is 5.97 Å². The van der Waals surface area contributed by atoms with Crippen molar-refractivity contribution in [3.8, 4) is 11.3 Å². The summed E-state index contributed by atoms with van der Waals surface area (Å²) in [6.45, 7) is 1.08. The average Bonchev–Trinajstić information content (AvgIpc) is 3.37. The lowest BCUT2D eigenvalue weighted by atomic mass is 10.0. The van der Waals surface area contributed by atoms with Crippen LogP contribution >= 0.6 is 12.2 Å². The number of furan rings is 1. The van der Waals surface area contributed by atoms with E-state index in [0.717, 1.165) is 5.69 Å². The zero-order valence-electron chi connectivity index (χ0n) is 16.3. The third-order valence-electron chi connectivity index (χ3n) is 5.08. The number of hydrogen-bond donors (Lipinski definition) is 2. The summed E-state index contributed by atoms with van der Waals surface area (Å²) >= 11 is 5.58. The maximum absolute atomic E-state index is 11.6. The van der Waals surface area contributed by atoms with E-state index in [0.29, 0.717) is 35.3 Å². The van der Waals surface area contributed by atoms with Gasteiger partial charge in [-0.05, 0) is 42.5 Å². The molecule has 154 valence electrons. The number of nitrogens with zero attached hydrogens (tertiary/aromatic N) is 2. The molecule has 0 bridgehead atoms. The Labute approximate surface area is 179 Å². The topological polar surface area (TPSA) is 87.8 Å². The van der Waals surface area contributed by atoms with Gasteiger partial charge in [0.1, 0.15) is 17.6 Å². The van der Waals surface area contributed by atoms with Gasteiger partial charge in [0.25, 0.3) is 0 Å². The molecule has 1 aromatic carbocycles. The Hall–Kier alpha value is -3.23. The van der Waals surface area contributed by atoms with Crippen LogP contribution < -0.4 is 5.32 Å². The van der Waals surface area contributed by atoms with Gasteiger partial charge in [-0.25, -0.2) is 4.79 Å². The van der Waals surface area contributed by atoms with E-state index in [1.807, 2.05) is 29.2 Å². The molecular formula is C22H21N3O4S. The van der Waals surface area contributed by atoms with Crippen LogP contribution in [0.1, 0.15) is 33.9 Å². The Kier molecular flexibility index (Phi) is 5.78. The molecule has 1 aliphatic rings. The van der Waals surface area contributed by atoms with E-state index in [4.69, 9.17) is 21.4 Å². The molecule has 3 heterocycles. The van der Waals surface area contributed by atoms with Crippen LogP contribution in [0.3, 0.4) is 0 Å². The summed E-state index contributed by atoms with van der Waals surface area (Å²) in [7, 11) is 1.64. The van der Waals surface area contributed by atoms with Crippen molar-refractivity contribution in [3.63, 3.8) is 0 Å². The second-order valence-corrected chi connectivity index (χ2v) is 7.25. The van der Waals surface area contributed by atoms with Crippen molar-refractivity contribution in [2.75, 3.05) is 20.3 Å². The van der Waals surface area contributed by atoms with Crippen LogP contribution in [0, 0.1) is 0 Å². The van der Waals surface area contributed by atoms with E-state index in [1.165, 1.54) is 0 Å². The predicted octanol–water partition coefficient (Wildman–Crippen LogP) is 3.66. The number of nitrogens with one attached hydrogen (secondary N) is 1. The Balaban J connectivity index is 1.74. The Morgan fingerprint density at radius 1 is 1.23 bits per heavy atom. The molecule has 0 amide bonds. The van der Waals surface area contributed by atoms with Crippen LogP contribution in [-0.2, 0) is 4.74 Å². The van der Waals surface area contributed by atoms with Crippen LogP contribution in [0.15, 0.2) is 65.2 Å². The molecule has 1 aliphatic heterocycles. The lowest BCUT2D eigenvalue weighted by molar-refractivity contribution is 0.0697. The minimum absolute atomic E-state index is 0.191. The highest BCUT2D eigenvalue weighted by atomic mass is 32.1. The lowest BCUT2D eigenvalue weighted by Gasteiger charge is -2.25. The largest absolute Gasteiger partial charge is 0.478 e. The maximum Gasteiger partial charge on any atom is 0.336 e. The molecule has 7 nitrogen and oxygen atoms in total. The van der Waals surface area contributed by atoms with Gasteiger partial charge in [0.2, 0.25) is 0 Å². The first-order valence-corrected chi connectivity index (χ1v) is 9.90. The fraction of sp³-hybridized carbons (Fsp3) is 0.227. The molecule has 3 aromatic rings. The summed E-state index contributed by atoms with van der Waals surface area (Å²) < 4.78 is 11.4. The third kappa shape index (κ3) is 3.79. The summed E-state index contributed by atoms with van der Waals surface area (Å²) in [6, 6.07) is 15.7. The van der Waals surface area contributed by atoms with Crippen LogP contribution in [-0.4, -0.2) is 46.3 Å². The number of carboxylic acids is 1. The predicted molar refractivity (Wildman–Crippen MR) is 115 cm³/mol. The highest BCUT2D eigenvalue weighted by molar-refractivity contribution is 7.80. The fourth-order valence-corrected chi connectivity index (χ4v) is 4.02. The van der Waals surface area contributed by atoms with E-state index < -0.39 is 5.97 Å². The third-order valence-corrected chi connectivity index (χ3v) is 5.43. The molecule has 8 heteroatoms. The number of carbonyl (C=O) groups is 1. The highest BCUT2D eigenvalue weighted by Crippen LogP contribution is 2.40. The van der Waals surface area contributed by atoms with Gasteiger partial charge in [-0.1, -0.05) is 24.3 Å². The van der Waals surface area contributed by atoms with Gasteiger partial charge in [0.05, 0.1) is 23.9 Å². The van der Waals surface area contributed by atoms with Crippen molar-refractivity contribution in [1.82, 2.24) is 15.2 Å². The van der Waals surface area contributed by atoms with E-state index in [1.54, 1.807) is 43.6 Å². The number of carboxylic acid groups (broad SMARTS) is 1. The standard InChI is InChI=1S/C22H21N3O4S/c1-28-13-12-25-20(19(24-22(25)30)16-8-4-5-11-23-16)18-10-9-17(29-18)14-6-2-3-7-15(14)21(26)27/h2-11,19-20H,12-13H2,1H3,(H,24,30)(H,26,27)/t19-,20-/m1/s1. The SMILES string of the molecule is COCCN1C(=S)N[C@H](c2ccccn2)[C@H]1c1ccc(-c2ccccc2C(=O)O)o1. The smallest absolute Gasteiger partial charge is 0.336 e. The summed E-state index contributed by atoms with van der Waals surface area (Å²) in [4.78, 5) is 18.1. The number of thiocarbonyl (C=S) groups is 1. The van der Waals surface area contributed by atoms with Crippen LogP contribution in [0.5, 0.6) is 0 Å². The molecule has 0 aliphatic carbocycles.